The second kappa shape index (κ2) is 9.92. The summed E-state index contributed by atoms with van der Waals surface area (Å²) in [6, 6.07) is 11.8. The Morgan fingerprint density at radius 3 is 2.30 bits per heavy atom. The highest BCUT2D eigenvalue weighted by Gasteiger charge is 2.50. The zero-order chi connectivity index (χ0) is 29.1. The van der Waals surface area contributed by atoms with Crippen LogP contribution in [0.1, 0.15) is 65.4 Å². The van der Waals surface area contributed by atoms with Crippen LogP contribution in [0.5, 0.6) is 0 Å². The van der Waals surface area contributed by atoms with Gasteiger partial charge in [0, 0.05) is 23.9 Å². The highest BCUT2D eigenvalue weighted by molar-refractivity contribution is 7.91. The Morgan fingerprint density at radius 1 is 1.02 bits per heavy atom. The molecule has 0 aliphatic carbocycles. The first kappa shape index (κ1) is 28.7. The summed E-state index contributed by atoms with van der Waals surface area (Å²) in [7, 11) is -4.22. The van der Waals surface area contributed by atoms with E-state index in [1.54, 1.807) is 47.4 Å². The molecule has 5 rings (SSSR count). The smallest absolute Gasteiger partial charge is 0.458 e. The lowest BCUT2D eigenvalue weighted by atomic mass is 9.81. The van der Waals surface area contributed by atoms with Crippen LogP contribution >= 0.6 is 0 Å². The second-order valence-electron chi connectivity index (χ2n) is 12.7. The van der Waals surface area contributed by atoms with E-state index in [0.717, 1.165) is 16.9 Å². The minimum absolute atomic E-state index is 0.188. The molecule has 3 heterocycles. The van der Waals surface area contributed by atoms with Crippen LogP contribution in [0.3, 0.4) is 0 Å². The van der Waals surface area contributed by atoms with Crippen molar-refractivity contribution in [1.29, 1.82) is 0 Å². The molecule has 0 radical (unpaired) electrons. The zero-order valence-electron chi connectivity index (χ0n) is 24.4. The molecule has 0 unspecified atom stereocenters. The standard InChI is InChI=1S/C30H38BNO7S/c1-28(2,3)37-27(33)32-16-14-25-24(19-32)23-18-22(40(34,35)21-11-9-8-10-12-21)17-20(26(23)36-25)13-15-31-38-29(4,5)30(6,7)39-31/h8-12,17-18H,13-16,19H2,1-7H3. The van der Waals surface area contributed by atoms with Crippen LogP contribution in [0.15, 0.2) is 56.7 Å². The van der Waals surface area contributed by atoms with Crippen molar-refractivity contribution in [3.8, 4) is 0 Å². The van der Waals surface area contributed by atoms with Crippen molar-refractivity contribution in [1.82, 2.24) is 4.90 Å². The predicted octanol–water partition coefficient (Wildman–Crippen LogP) is 6.19. The maximum Gasteiger partial charge on any atom is 0.458 e. The summed E-state index contributed by atoms with van der Waals surface area (Å²) in [5.74, 6) is 0.765. The molecular formula is C30H38BNO7S. The van der Waals surface area contributed by atoms with Gasteiger partial charge in [0.1, 0.15) is 16.9 Å². The molecule has 1 saturated heterocycles. The Bertz CT molecular complexity index is 1520. The van der Waals surface area contributed by atoms with Gasteiger partial charge in [-0.3, -0.25) is 0 Å². The number of sulfone groups is 1. The maximum atomic E-state index is 13.7. The second-order valence-corrected chi connectivity index (χ2v) is 14.6. The Morgan fingerprint density at radius 2 is 1.68 bits per heavy atom. The first-order valence-electron chi connectivity index (χ1n) is 13.8. The van der Waals surface area contributed by atoms with Crippen molar-refractivity contribution in [3.63, 3.8) is 0 Å². The van der Waals surface area contributed by atoms with Gasteiger partial charge in [0.05, 0.1) is 27.5 Å². The normalized spacial score (nSPS) is 18.7. The molecule has 0 atom stereocenters. The van der Waals surface area contributed by atoms with E-state index in [4.69, 9.17) is 18.5 Å². The summed E-state index contributed by atoms with van der Waals surface area (Å²) in [6.07, 6.45) is 1.14. The van der Waals surface area contributed by atoms with Gasteiger partial charge in [0.2, 0.25) is 9.84 Å². The van der Waals surface area contributed by atoms with Gasteiger partial charge in [-0.2, -0.15) is 0 Å². The number of fused-ring (bicyclic) bond motifs is 3. The van der Waals surface area contributed by atoms with E-state index in [0.29, 0.717) is 36.7 Å². The van der Waals surface area contributed by atoms with E-state index in [2.05, 4.69) is 0 Å². The molecular weight excluding hydrogens is 529 g/mol. The molecule has 40 heavy (non-hydrogen) atoms. The fourth-order valence-electron chi connectivity index (χ4n) is 5.14. The van der Waals surface area contributed by atoms with E-state index in [-0.39, 0.29) is 16.3 Å². The van der Waals surface area contributed by atoms with Gasteiger partial charge < -0.3 is 23.4 Å². The number of rotatable bonds is 5. The van der Waals surface area contributed by atoms with Crippen LogP contribution < -0.4 is 0 Å². The molecule has 1 amide bonds. The van der Waals surface area contributed by atoms with Gasteiger partial charge in [-0.05, 0) is 91.0 Å². The number of benzene rings is 2. The van der Waals surface area contributed by atoms with Crippen molar-refractivity contribution in [2.24, 2.45) is 0 Å². The molecule has 3 aromatic rings. The third kappa shape index (κ3) is 5.41. The molecule has 1 aromatic heterocycles. The Hall–Kier alpha value is -2.82. The lowest BCUT2D eigenvalue weighted by Crippen LogP contribution is -2.41. The molecule has 0 spiro atoms. The molecule has 1 fully saturated rings. The molecule has 2 aliphatic heterocycles. The van der Waals surface area contributed by atoms with E-state index < -0.39 is 39.9 Å². The first-order valence-corrected chi connectivity index (χ1v) is 15.3. The van der Waals surface area contributed by atoms with Crippen LogP contribution in [0.4, 0.5) is 4.79 Å². The molecule has 10 heteroatoms. The monoisotopic (exact) mass is 567 g/mol. The number of carbonyl (C=O) groups is 1. The van der Waals surface area contributed by atoms with E-state index in [1.165, 1.54) is 0 Å². The molecule has 2 aromatic carbocycles. The average Bonchev–Trinajstić information content (AvgIpc) is 3.34. The first-order chi connectivity index (χ1) is 18.6. The van der Waals surface area contributed by atoms with Gasteiger partial charge in [0.15, 0.2) is 0 Å². The molecule has 8 nitrogen and oxygen atoms in total. The summed E-state index contributed by atoms with van der Waals surface area (Å²) >= 11 is 0. The van der Waals surface area contributed by atoms with Crippen LogP contribution in [0, 0.1) is 0 Å². The number of nitrogens with zero attached hydrogens (tertiary/aromatic N) is 1. The maximum absolute atomic E-state index is 13.7. The molecule has 214 valence electrons. The number of hydrogen-bond acceptors (Lipinski definition) is 7. The Labute approximate surface area is 237 Å². The van der Waals surface area contributed by atoms with Crippen LogP contribution in [-0.2, 0) is 43.3 Å². The van der Waals surface area contributed by atoms with Crippen molar-refractivity contribution < 1.29 is 31.7 Å². The quantitative estimate of drug-likeness (QED) is 0.339. The molecule has 2 aliphatic rings. The third-order valence-electron chi connectivity index (χ3n) is 7.95. The van der Waals surface area contributed by atoms with Crippen LogP contribution in [0.2, 0.25) is 6.32 Å². The number of hydrogen-bond donors (Lipinski definition) is 0. The lowest BCUT2D eigenvalue weighted by Gasteiger charge is -2.32. The SMILES string of the molecule is CC(C)(C)OC(=O)N1CCc2oc3c(CCB4OC(C)(C)C(C)(C)O4)cc(S(=O)(=O)c4ccccc4)cc3c2C1. The molecule has 0 saturated carbocycles. The molecule has 0 bridgehead atoms. The summed E-state index contributed by atoms with van der Waals surface area (Å²) in [5.41, 5.74) is 0.683. The minimum atomic E-state index is -3.80. The fraction of sp³-hybridized carbons (Fsp3) is 0.500. The van der Waals surface area contributed by atoms with E-state index >= 15 is 0 Å². The zero-order valence-corrected chi connectivity index (χ0v) is 25.2. The highest BCUT2D eigenvalue weighted by Crippen LogP contribution is 2.40. The number of furan rings is 1. The lowest BCUT2D eigenvalue weighted by molar-refractivity contribution is 0.00578. The summed E-state index contributed by atoms with van der Waals surface area (Å²) in [5, 5.41) is 0.698. The minimum Gasteiger partial charge on any atom is -0.460 e. The van der Waals surface area contributed by atoms with Gasteiger partial charge >= 0.3 is 13.2 Å². The van der Waals surface area contributed by atoms with Crippen molar-refractivity contribution in [2.75, 3.05) is 6.54 Å². The summed E-state index contributed by atoms with van der Waals surface area (Å²) in [4.78, 5) is 14.9. The predicted molar refractivity (Wildman–Crippen MR) is 153 cm³/mol. The largest absolute Gasteiger partial charge is 0.460 e. The number of ether oxygens (including phenoxy) is 1. The van der Waals surface area contributed by atoms with Gasteiger partial charge in [-0.25, -0.2) is 13.2 Å². The third-order valence-corrected chi connectivity index (χ3v) is 9.70. The Balaban J connectivity index is 1.54. The van der Waals surface area contributed by atoms with Crippen molar-refractivity contribution in [3.05, 3.63) is 59.4 Å². The van der Waals surface area contributed by atoms with Crippen molar-refractivity contribution in [2.45, 2.75) is 101 Å². The van der Waals surface area contributed by atoms with Crippen LogP contribution in [-0.4, -0.2) is 49.9 Å². The topological polar surface area (TPSA) is 95.3 Å². The molecule has 0 N–H and O–H groups in total. The van der Waals surface area contributed by atoms with Gasteiger partial charge in [0.25, 0.3) is 0 Å². The van der Waals surface area contributed by atoms with Crippen LogP contribution in [0.25, 0.3) is 11.0 Å². The van der Waals surface area contributed by atoms with Crippen molar-refractivity contribution >= 4 is 34.0 Å². The fourth-order valence-corrected chi connectivity index (χ4v) is 6.49. The van der Waals surface area contributed by atoms with Gasteiger partial charge in [-0.1, -0.05) is 18.2 Å². The highest BCUT2D eigenvalue weighted by atomic mass is 32.2. The Kier molecular flexibility index (Phi) is 7.12. The number of carbonyl (C=O) groups excluding carboxylic acids is 1. The number of aryl methyl sites for hydroxylation is 1. The van der Waals surface area contributed by atoms with Gasteiger partial charge in [-0.15, -0.1) is 0 Å². The number of amides is 1. The average molecular weight is 568 g/mol. The summed E-state index contributed by atoms with van der Waals surface area (Å²) < 4.78 is 51.8. The summed E-state index contributed by atoms with van der Waals surface area (Å²) in [6.45, 7) is 14.3. The van der Waals surface area contributed by atoms with E-state index in [9.17, 15) is 13.2 Å². The van der Waals surface area contributed by atoms with E-state index in [1.807, 2.05) is 48.5 Å².